The predicted octanol–water partition coefficient (Wildman–Crippen LogP) is 2.19. The van der Waals surface area contributed by atoms with E-state index in [1.165, 1.54) is 16.8 Å². The monoisotopic (exact) mass is 331 g/mol. The van der Waals surface area contributed by atoms with Gasteiger partial charge in [-0.25, -0.2) is 9.07 Å². The summed E-state index contributed by atoms with van der Waals surface area (Å²) in [6, 6.07) is 7.43. The number of carbonyl (C=O) groups is 2. The van der Waals surface area contributed by atoms with Crippen molar-refractivity contribution in [2.45, 2.75) is 13.3 Å². The molecule has 1 fully saturated rings. The zero-order chi connectivity index (χ0) is 17.3. The van der Waals surface area contributed by atoms with Gasteiger partial charge in [-0.15, -0.1) is 0 Å². The SMILES string of the molecule is CC1CN(C(=O)c2ccn(-c3ccc(F)cc3)n2)CCC1C(=O)O. The predicted molar refractivity (Wildman–Crippen MR) is 84.3 cm³/mol. The fraction of sp³-hybridized carbons (Fsp3) is 0.353. The molecule has 0 aliphatic carbocycles. The third kappa shape index (κ3) is 3.15. The number of nitrogens with zero attached hydrogens (tertiary/aromatic N) is 3. The third-order valence-corrected chi connectivity index (χ3v) is 4.41. The van der Waals surface area contributed by atoms with Crippen molar-refractivity contribution in [2.24, 2.45) is 11.8 Å². The molecule has 2 aromatic rings. The summed E-state index contributed by atoms with van der Waals surface area (Å²) in [5, 5.41) is 13.4. The first kappa shape index (κ1) is 16.2. The third-order valence-electron chi connectivity index (χ3n) is 4.41. The smallest absolute Gasteiger partial charge is 0.306 e. The molecule has 2 unspecified atom stereocenters. The Bertz CT molecular complexity index is 757. The van der Waals surface area contributed by atoms with Crippen molar-refractivity contribution in [2.75, 3.05) is 13.1 Å². The van der Waals surface area contributed by atoms with E-state index in [2.05, 4.69) is 5.10 Å². The summed E-state index contributed by atoms with van der Waals surface area (Å²) in [5.41, 5.74) is 0.953. The van der Waals surface area contributed by atoms with Crippen molar-refractivity contribution in [1.82, 2.24) is 14.7 Å². The van der Waals surface area contributed by atoms with Crippen LogP contribution in [0.4, 0.5) is 4.39 Å². The number of carboxylic acid groups (broad SMARTS) is 1. The summed E-state index contributed by atoms with van der Waals surface area (Å²) in [4.78, 5) is 25.4. The minimum atomic E-state index is -0.810. The average Bonchev–Trinajstić information content (AvgIpc) is 3.04. The number of hydrogen-bond donors (Lipinski definition) is 1. The van der Waals surface area contributed by atoms with Gasteiger partial charge in [-0.2, -0.15) is 5.10 Å². The standard InChI is InChI=1S/C17H18FN3O3/c1-11-10-20(8-6-14(11)17(23)24)16(22)15-7-9-21(19-15)13-4-2-12(18)3-5-13/h2-5,7,9,11,14H,6,8,10H2,1H3,(H,23,24). The second-order valence-corrected chi connectivity index (χ2v) is 6.08. The van der Waals surface area contributed by atoms with Gasteiger partial charge >= 0.3 is 5.97 Å². The van der Waals surface area contributed by atoms with E-state index in [4.69, 9.17) is 5.11 Å². The van der Waals surface area contributed by atoms with Gasteiger partial charge in [-0.1, -0.05) is 6.92 Å². The summed E-state index contributed by atoms with van der Waals surface area (Å²) >= 11 is 0. The fourth-order valence-corrected chi connectivity index (χ4v) is 3.03. The maximum Gasteiger partial charge on any atom is 0.306 e. The van der Waals surface area contributed by atoms with Gasteiger partial charge in [-0.3, -0.25) is 9.59 Å². The molecule has 126 valence electrons. The molecule has 3 rings (SSSR count). The molecule has 1 aromatic carbocycles. The van der Waals surface area contributed by atoms with Gasteiger partial charge in [0.2, 0.25) is 0 Å². The molecule has 0 saturated carbocycles. The minimum Gasteiger partial charge on any atom is -0.481 e. The number of carbonyl (C=O) groups excluding carboxylic acids is 1. The number of carboxylic acids is 1. The first-order valence-corrected chi connectivity index (χ1v) is 7.79. The molecule has 1 N–H and O–H groups in total. The topological polar surface area (TPSA) is 75.4 Å². The Hall–Kier alpha value is -2.70. The van der Waals surface area contributed by atoms with Crippen LogP contribution in [-0.2, 0) is 4.79 Å². The number of amides is 1. The van der Waals surface area contributed by atoms with Crippen molar-refractivity contribution >= 4 is 11.9 Å². The van der Waals surface area contributed by atoms with E-state index >= 15 is 0 Å². The zero-order valence-corrected chi connectivity index (χ0v) is 13.2. The molecule has 1 aliphatic heterocycles. The van der Waals surface area contributed by atoms with Crippen LogP contribution in [0.2, 0.25) is 0 Å². The maximum absolute atomic E-state index is 13.0. The van der Waals surface area contributed by atoms with Crippen LogP contribution in [0, 0.1) is 17.7 Å². The first-order chi connectivity index (χ1) is 11.5. The highest BCUT2D eigenvalue weighted by atomic mass is 19.1. The van der Waals surface area contributed by atoms with Crippen molar-refractivity contribution in [3.05, 3.63) is 48.0 Å². The molecule has 0 spiro atoms. The summed E-state index contributed by atoms with van der Waals surface area (Å²) in [6.07, 6.45) is 2.09. The number of hydrogen-bond acceptors (Lipinski definition) is 3. The van der Waals surface area contributed by atoms with Crippen LogP contribution in [-0.4, -0.2) is 44.8 Å². The molecular formula is C17H18FN3O3. The normalized spacial score (nSPS) is 20.8. The summed E-state index contributed by atoms with van der Waals surface area (Å²) in [6.45, 7) is 2.65. The van der Waals surface area contributed by atoms with Gasteiger partial charge in [0.05, 0.1) is 11.6 Å². The first-order valence-electron chi connectivity index (χ1n) is 7.79. The summed E-state index contributed by atoms with van der Waals surface area (Å²) < 4.78 is 14.5. The molecule has 1 saturated heterocycles. The Morgan fingerprint density at radius 2 is 1.96 bits per heavy atom. The maximum atomic E-state index is 13.0. The van der Waals surface area contributed by atoms with Crippen molar-refractivity contribution in [3.63, 3.8) is 0 Å². The molecule has 1 aliphatic rings. The largest absolute Gasteiger partial charge is 0.481 e. The van der Waals surface area contributed by atoms with Gasteiger partial charge in [0.25, 0.3) is 5.91 Å². The Kier molecular flexibility index (Phi) is 4.33. The molecular weight excluding hydrogens is 313 g/mol. The highest BCUT2D eigenvalue weighted by molar-refractivity contribution is 5.92. The van der Waals surface area contributed by atoms with Crippen LogP contribution in [0.5, 0.6) is 0 Å². The number of likely N-dealkylation sites (tertiary alicyclic amines) is 1. The number of aliphatic carboxylic acids is 1. The van der Waals surface area contributed by atoms with Gasteiger partial charge in [0, 0.05) is 19.3 Å². The molecule has 2 heterocycles. The number of benzene rings is 1. The van der Waals surface area contributed by atoms with E-state index in [0.717, 1.165) is 0 Å². The molecule has 1 aromatic heterocycles. The molecule has 1 amide bonds. The summed E-state index contributed by atoms with van der Waals surface area (Å²) in [5.74, 6) is -1.87. The van der Waals surface area contributed by atoms with Crippen molar-refractivity contribution in [3.8, 4) is 5.69 Å². The number of aromatic nitrogens is 2. The van der Waals surface area contributed by atoms with E-state index in [9.17, 15) is 14.0 Å². The molecule has 0 radical (unpaired) electrons. The molecule has 0 bridgehead atoms. The van der Waals surface area contributed by atoms with E-state index in [-0.39, 0.29) is 17.6 Å². The molecule has 7 heteroatoms. The lowest BCUT2D eigenvalue weighted by Gasteiger charge is -2.34. The van der Waals surface area contributed by atoms with Crippen molar-refractivity contribution < 1.29 is 19.1 Å². The zero-order valence-electron chi connectivity index (χ0n) is 13.2. The van der Waals surface area contributed by atoms with E-state index in [0.29, 0.717) is 30.9 Å². The van der Waals surface area contributed by atoms with Gasteiger partial charge in [0.15, 0.2) is 5.69 Å². The van der Waals surface area contributed by atoms with E-state index in [1.54, 1.807) is 29.3 Å². The highest BCUT2D eigenvalue weighted by Gasteiger charge is 2.33. The number of piperidine rings is 1. The lowest BCUT2D eigenvalue weighted by Crippen LogP contribution is -2.45. The van der Waals surface area contributed by atoms with E-state index < -0.39 is 11.9 Å². The summed E-state index contributed by atoms with van der Waals surface area (Å²) in [7, 11) is 0. The van der Waals surface area contributed by atoms with Crippen LogP contribution in [0.15, 0.2) is 36.5 Å². The second kappa shape index (κ2) is 6.43. The quantitative estimate of drug-likeness (QED) is 0.935. The Morgan fingerprint density at radius 3 is 2.58 bits per heavy atom. The van der Waals surface area contributed by atoms with Gasteiger partial charge in [-0.05, 0) is 42.7 Å². The number of halogens is 1. The lowest BCUT2D eigenvalue weighted by atomic mass is 9.87. The van der Waals surface area contributed by atoms with Crippen LogP contribution >= 0.6 is 0 Å². The second-order valence-electron chi connectivity index (χ2n) is 6.08. The van der Waals surface area contributed by atoms with E-state index in [1.807, 2.05) is 6.92 Å². The Balaban J connectivity index is 1.72. The molecule has 2 atom stereocenters. The van der Waals surface area contributed by atoms with Crippen molar-refractivity contribution in [1.29, 1.82) is 0 Å². The lowest BCUT2D eigenvalue weighted by molar-refractivity contribution is -0.145. The highest BCUT2D eigenvalue weighted by Crippen LogP contribution is 2.24. The van der Waals surface area contributed by atoms with Crippen LogP contribution in [0.25, 0.3) is 5.69 Å². The van der Waals surface area contributed by atoms with Crippen LogP contribution < -0.4 is 0 Å². The Morgan fingerprint density at radius 1 is 1.25 bits per heavy atom. The average molecular weight is 331 g/mol. The Labute approximate surface area is 138 Å². The van der Waals surface area contributed by atoms with Crippen LogP contribution in [0.3, 0.4) is 0 Å². The number of rotatable bonds is 3. The fourth-order valence-electron chi connectivity index (χ4n) is 3.03. The molecule has 24 heavy (non-hydrogen) atoms. The van der Waals surface area contributed by atoms with Gasteiger partial charge < -0.3 is 10.0 Å². The van der Waals surface area contributed by atoms with Gasteiger partial charge in [0.1, 0.15) is 5.82 Å². The van der Waals surface area contributed by atoms with Crippen LogP contribution in [0.1, 0.15) is 23.8 Å². The molecule has 6 nitrogen and oxygen atoms in total. The minimum absolute atomic E-state index is 0.0978.